The van der Waals surface area contributed by atoms with Crippen molar-refractivity contribution < 1.29 is 9.21 Å². The van der Waals surface area contributed by atoms with Gasteiger partial charge in [-0.2, -0.15) is 5.10 Å². The smallest absolute Gasteiger partial charge is 0.332 e. The minimum absolute atomic E-state index is 0.221. The lowest BCUT2D eigenvalue weighted by molar-refractivity contribution is 0.249. The monoisotopic (exact) mass is 309 g/mol. The van der Waals surface area contributed by atoms with Crippen molar-refractivity contribution in [2.24, 2.45) is 10.8 Å². The summed E-state index contributed by atoms with van der Waals surface area (Å²) in [5.74, 6) is 0. The number of fused-ring (bicyclic) bond motifs is 1. The summed E-state index contributed by atoms with van der Waals surface area (Å²) in [6.07, 6.45) is 2.45. The Morgan fingerprint density at radius 1 is 1.50 bits per heavy atom. The van der Waals surface area contributed by atoms with E-state index in [0.29, 0.717) is 11.0 Å². The first-order valence-electron chi connectivity index (χ1n) is 4.87. The van der Waals surface area contributed by atoms with Gasteiger partial charge in [-0.3, -0.25) is 4.79 Å². The van der Waals surface area contributed by atoms with Gasteiger partial charge in [0.05, 0.1) is 17.2 Å². The molecule has 7 heteroatoms. The summed E-state index contributed by atoms with van der Waals surface area (Å²) in [6, 6.07) is 4.27. The number of rotatable bonds is 2. The molecule has 6 nitrogen and oxygen atoms in total. The van der Waals surface area contributed by atoms with E-state index in [-0.39, 0.29) is 11.0 Å². The van der Waals surface area contributed by atoms with Gasteiger partial charge < -0.3 is 10.2 Å². The number of carbonyl (C=O) groups excluding carboxylic acids is 1. The number of amides is 2. The van der Waals surface area contributed by atoms with Gasteiger partial charge in [0.2, 0.25) is 5.43 Å². The summed E-state index contributed by atoms with van der Waals surface area (Å²) in [5.41, 5.74) is 7.28. The number of benzene rings is 1. The number of urea groups is 1. The molecule has 3 N–H and O–H groups in total. The van der Waals surface area contributed by atoms with Crippen LogP contribution in [0.1, 0.15) is 5.56 Å². The minimum Gasteiger partial charge on any atom is -0.463 e. The Kier molecular flexibility index (Phi) is 3.42. The van der Waals surface area contributed by atoms with E-state index >= 15 is 0 Å². The Balaban J connectivity index is 2.45. The van der Waals surface area contributed by atoms with E-state index in [1.54, 1.807) is 18.2 Å². The molecule has 0 saturated heterocycles. The topological polar surface area (TPSA) is 97.7 Å². The third-order valence-corrected chi connectivity index (χ3v) is 2.63. The second-order valence-electron chi connectivity index (χ2n) is 3.39. The standard InChI is InChI=1S/C11H8BrN3O3/c12-7-1-2-8-9(3-7)18-5-6(10(8)16)4-14-15-11(13)17/h1-5H,(H3,13,15,17)/b14-4-. The van der Waals surface area contributed by atoms with E-state index in [2.05, 4.69) is 21.0 Å². The molecular weight excluding hydrogens is 302 g/mol. The number of hydrogen-bond acceptors (Lipinski definition) is 4. The third-order valence-electron chi connectivity index (χ3n) is 2.14. The van der Waals surface area contributed by atoms with Gasteiger partial charge in [-0.1, -0.05) is 15.9 Å². The van der Waals surface area contributed by atoms with Crippen molar-refractivity contribution in [3.63, 3.8) is 0 Å². The van der Waals surface area contributed by atoms with Crippen LogP contribution in [-0.2, 0) is 0 Å². The number of nitrogens with two attached hydrogens (primary N) is 1. The van der Waals surface area contributed by atoms with Crippen LogP contribution in [0.2, 0.25) is 0 Å². The fourth-order valence-corrected chi connectivity index (χ4v) is 1.71. The average Bonchev–Trinajstić information content (AvgIpc) is 2.31. The van der Waals surface area contributed by atoms with E-state index in [0.717, 1.165) is 4.47 Å². The molecular formula is C11H8BrN3O3. The zero-order valence-corrected chi connectivity index (χ0v) is 10.6. The molecule has 1 aromatic heterocycles. The Morgan fingerprint density at radius 2 is 2.28 bits per heavy atom. The molecule has 0 atom stereocenters. The van der Waals surface area contributed by atoms with Crippen molar-refractivity contribution >= 4 is 39.1 Å². The van der Waals surface area contributed by atoms with Crippen molar-refractivity contribution in [3.05, 3.63) is 44.7 Å². The SMILES string of the molecule is NC(=O)N/N=C\c1coc2cc(Br)ccc2c1=O. The van der Waals surface area contributed by atoms with Crippen molar-refractivity contribution in [2.75, 3.05) is 0 Å². The lowest BCUT2D eigenvalue weighted by Crippen LogP contribution is -2.24. The molecule has 0 aliphatic carbocycles. The van der Waals surface area contributed by atoms with Crippen LogP contribution in [0.3, 0.4) is 0 Å². The molecule has 0 fully saturated rings. The molecule has 1 heterocycles. The average molecular weight is 310 g/mol. The number of hydrazone groups is 1. The molecule has 2 aromatic rings. The molecule has 0 bridgehead atoms. The third kappa shape index (κ3) is 2.57. The largest absolute Gasteiger partial charge is 0.463 e. The van der Waals surface area contributed by atoms with Crippen LogP contribution in [0.4, 0.5) is 4.79 Å². The van der Waals surface area contributed by atoms with Crippen molar-refractivity contribution in [1.82, 2.24) is 5.43 Å². The maximum absolute atomic E-state index is 12.0. The van der Waals surface area contributed by atoms with Crippen molar-refractivity contribution in [1.29, 1.82) is 0 Å². The summed E-state index contributed by atoms with van der Waals surface area (Å²) in [6.45, 7) is 0. The van der Waals surface area contributed by atoms with Crippen molar-refractivity contribution in [3.8, 4) is 0 Å². The summed E-state index contributed by atoms with van der Waals surface area (Å²) in [5, 5.41) is 3.94. The van der Waals surface area contributed by atoms with Gasteiger partial charge in [-0.05, 0) is 18.2 Å². The predicted molar refractivity (Wildman–Crippen MR) is 70.5 cm³/mol. The summed E-state index contributed by atoms with van der Waals surface area (Å²) < 4.78 is 6.11. The molecule has 0 aliphatic rings. The van der Waals surface area contributed by atoms with Gasteiger partial charge in [0.15, 0.2) is 0 Å². The fourth-order valence-electron chi connectivity index (χ4n) is 1.37. The molecule has 0 radical (unpaired) electrons. The van der Waals surface area contributed by atoms with Crippen LogP contribution in [0, 0.1) is 0 Å². The minimum atomic E-state index is -0.805. The zero-order valence-electron chi connectivity index (χ0n) is 9.01. The maximum Gasteiger partial charge on any atom is 0.332 e. The Hall–Kier alpha value is -2.15. The van der Waals surface area contributed by atoms with Gasteiger partial charge in [0.1, 0.15) is 11.8 Å². The highest BCUT2D eigenvalue weighted by Crippen LogP contribution is 2.17. The molecule has 0 spiro atoms. The van der Waals surface area contributed by atoms with Crippen LogP contribution >= 0.6 is 15.9 Å². The highest BCUT2D eigenvalue weighted by atomic mass is 79.9. The second kappa shape index (κ2) is 5.01. The Labute approximate surface area is 110 Å². The fraction of sp³-hybridized carbons (Fsp3) is 0. The number of nitrogens with one attached hydrogen (secondary N) is 1. The van der Waals surface area contributed by atoms with E-state index in [1.165, 1.54) is 12.5 Å². The van der Waals surface area contributed by atoms with Gasteiger partial charge in [0, 0.05) is 4.47 Å². The highest BCUT2D eigenvalue weighted by molar-refractivity contribution is 9.10. The summed E-state index contributed by atoms with van der Waals surface area (Å²) in [7, 11) is 0. The zero-order chi connectivity index (χ0) is 13.1. The number of halogens is 1. The first-order chi connectivity index (χ1) is 8.58. The molecule has 0 aliphatic heterocycles. The first-order valence-corrected chi connectivity index (χ1v) is 5.67. The quantitative estimate of drug-likeness (QED) is 0.650. The van der Waals surface area contributed by atoms with E-state index in [9.17, 15) is 9.59 Å². The summed E-state index contributed by atoms with van der Waals surface area (Å²) >= 11 is 3.28. The normalized spacial score (nSPS) is 10.9. The number of primary amides is 1. The van der Waals surface area contributed by atoms with Gasteiger partial charge >= 0.3 is 6.03 Å². The number of carbonyl (C=O) groups is 1. The molecule has 2 rings (SSSR count). The van der Waals surface area contributed by atoms with Crippen LogP contribution in [-0.4, -0.2) is 12.2 Å². The predicted octanol–water partition coefficient (Wildman–Crippen LogP) is 1.56. The van der Waals surface area contributed by atoms with Crippen LogP contribution in [0.25, 0.3) is 11.0 Å². The number of nitrogens with zero attached hydrogens (tertiary/aromatic N) is 1. The molecule has 18 heavy (non-hydrogen) atoms. The molecule has 0 unspecified atom stereocenters. The second-order valence-corrected chi connectivity index (χ2v) is 4.31. The molecule has 2 amide bonds. The lowest BCUT2D eigenvalue weighted by Gasteiger charge is -1.98. The van der Waals surface area contributed by atoms with Crippen molar-refractivity contribution in [2.45, 2.75) is 0 Å². The van der Waals surface area contributed by atoms with Gasteiger partial charge in [-0.15, -0.1) is 0 Å². The molecule has 1 aromatic carbocycles. The van der Waals surface area contributed by atoms with E-state index < -0.39 is 6.03 Å². The number of hydrogen-bond donors (Lipinski definition) is 2. The van der Waals surface area contributed by atoms with E-state index in [1.807, 2.05) is 5.43 Å². The van der Waals surface area contributed by atoms with E-state index in [4.69, 9.17) is 10.2 Å². The summed E-state index contributed by atoms with van der Waals surface area (Å²) in [4.78, 5) is 22.4. The Bertz CT molecular complexity index is 693. The lowest BCUT2D eigenvalue weighted by atomic mass is 10.2. The van der Waals surface area contributed by atoms with Crippen LogP contribution < -0.4 is 16.6 Å². The highest BCUT2D eigenvalue weighted by Gasteiger charge is 2.05. The van der Waals surface area contributed by atoms with Crippen LogP contribution in [0.5, 0.6) is 0 Å². The van der Waals surface area contributed by atoms with Gasteiger partial charge in [0.25, 0.3) is 0 Å². The van der Waals surface area contributed by atoms with Crippen LogP contribution in [0.15, 0.2) is 43.2 Å². The first kappa shape index (κ1) is 12.3. The Morgan fingerprint density at radius 3 is 3.00 bits per heavy atom. The molecule has 92 valence electrons. The maximum atomic E-state index is 12.0. The van der Waals surface area contributed by atoms with Gasteiger partial charge in [-0.25, -0.2) is 10.2 Å². The molecule has 0 saturated carbocycles.